The fourth-order valence-corrected chi connectivity index (χ4v) is 0.428. The van der Waals surface area contributed by atoms with Crippen molar-refractivity contribution in [2.45, 2.75) is 0 Å². The number of hydrogen-bond donors (Lipinski definition) is 0. The molecule has 0 radical (unpaired) electrons. The molecular weight excluding hydrogens is 127 g/mol. The summed E-state index contributed by atoms with van der Waals surface area (Å²) in [7, 11) is -0.690. The van der Waals surface area contributed by atoms with E-state index in [1.54, 1.807) is 0 Å². The van der Waals surface area contributed by atoms with Crippen LogP contribution < -0.4 is 0 Å². The molecular formula is C4H6O3P+. The lowest BCUT2D eigenvalue weighted by atomic mass is 10.8. The lowest BCUT2D eigenvalue weighted by Crippen LogP contribution is -1.79. The van der Waals surface area contributed by atoms with Gasteiger partial charge in [0.05, 0.1) is 7.11 Å². The van der Waals surface area contributed by atoms with Gasteiger partial charge in [0.2, 0.25) is 0 Å². The first-order chi connectivity index (χ1) is 3.81. The predicted molar refractivity (Wildman–Crippen MR) is 29.4 cm³/mol. The van der Waals surface area contributed by atoms with Gasteiger partial charge in [-0.25, -0.2) is 0 Å². The van der Waals surface area contributed by atoms with Gasteiger partial charge in [0, 0.05) is 4.57 Å². The third-order valence-corrected chi connectivity index (χ3v) is 1.04. The number of terminal acetylenes is 1. The Hall–Kier alpha value is -0.420. The molecule has 0 saturated carbocycles. The molecule has 0 aliphatic rings. The third-order valence-electron chi connectivity index (χ3n) is 0.402. The minimum absolute atomic E-state index is 0.0308. The predicted octanol–water partition coefficient (Wildman–Crippen LogP) is 0.940. The molecule has 0 saturated heterocycles. The Labute approximate surface area is 48.9 Å². The van der Waals surface area contributed by atoms with Crippen molar-refractivity contribution in [1.29, 1.82) is 0 Å². The van der Waals surface area contributed by atoms with Crippen LogP contribution in [0.1, 0.15) is 0 Å². The Morgan fingerprint density at radius 3 is 2.88 bits per heavy atom. The van der Waals surface area contributed by atoms with Crippen LogP contribution in [-0.4, -0.2) is 13.7 Å². The molecule has 0 spiro atoms. The van der Waals surface area contributed by atoms with Gasteiger partial charge in [-0.05, 0) is 0 Å². The molecule has 0 N–H and O–H groups in total. The zero-order valence-electron chi connectivity index (χ0n) is 4.46. The molecule has 1 atom stereocenters. The first kappa shape index (κ1) is 7.58. The van der Waals surface area contributed by atoms with Crippen LogP contribution in [0.4, 0.5) is 0 Å². The summed E-state index contributed by atoms with van der Waals surface area (Å²) in [5, 5.41) is 0. The van der Waals surface area contributed by atoms with Crippen LogP contribution in [0, 0.1) is 12.3 Å². The average Bonchev–Trinajstić information content (AvgIpc) is 1.83. The molecule has 0 amide bonds. The zero-order chi connectivity index (χ0) is 6.41. The van der Waals surface area contributed by atoms with E-state index in [-0.39, 0.29) is 6.61 Å². The van der Waals surface area contributed by atoms with Gasteiger partial charge in [-0.1, -0.05) is 5.92 Å². The highest BCUT2D eigenvalue weighted by Gasteiger charge is 2.14. The maximum Gasteiger partial charge on any atom is 0.698 e. The summed E-state index contributed by atoms with van der Waals surface area (Å²) < 4.78 is 18.8. The summed E-state index contributed by atoms with van der Waals surface area (Å²) in [5.74, 6) is 2.15. The van der Waals surface area contributed by atoms with E-state index >= 15 is 0 Å². The Bertz CT molecular complexity index is 115. The molecule has 0 heterocycles. The highest BCUT2D eigenvalue weighted by molar-refractivity contribution is 7.33. The van der Waals surface area contributed by atoms with Crippen LogP contribution in [-0.2, 0) is 13.6 Å². The molecule has 3 nitrogen and oxygen atoms in total. The van der Waals surface area contributed by atoms with Gasteiger partial charge >= 0.3 is 8.25 Å². The molecule has 8 heavy (non-hydrogen) atoms. The molecule has 4 heteroatoms. The van der Waals surface area contributed by atoms with E-state index in [2.05, 4.69) is 15.0 Å². The van der Waals surface area contributed by atoms with Gasteiger partial charge in [-0.15, -0.1) is 15.5 Å². The summed E-state index contributed by atoms with van der Waals surface area (Å²) in [6.07, 6.45) is 4.77. The van der Waals surface area contributed by atoms with Gasteiger partial charge < -0.3 is 0 Å². The van der Waals surface area contributed by atoms with Crippen molar-refractivity contribution in [3.8, 4) is 12.3 Å². The molecule has 0 aliphatic carbocycles. The van der Waals surface area contributed by atoms with E-state index < -0.39 is 8.25 Å². The molecule has 1 unspecified atom stereocenters. The fraction of sp³-hybridized carbons (Fsp3) is 0.500. The van der Waals surface area contributed by atoms with Crippen LogP contribution in [0.25, 0.3) is 0 Å². The minimum atomic E-state index is -1.98. The second-order valence-electron chi connectivity index (χ2n) is 0.884. The average molecular weight is 133 g/mol. The topological polar surface area (TPSA) is 35.5 Å². The molecule has 0 rings (SSSR count). The van der Waals surface area contributed by atoms with Crippen LogP contribution in [0.5, 0.6) is 0 Å². The summed E-state index contributed by atoms with van der Waals surface area (Å²) in [4.78, 5) is 0. The summed E-state index contributed by atoms with van der Waals surface area (Å²) in [5.41, 5.74) is 0. The van der Waals surface area contributed by atoms with Crippen molar-refractivity contribution >= 4 is 8.25 Å². The van der Waals surface area contributed by atoms with E-state index in [9.17, 15) is 4.57 Å². The quantitative estimate of drug-likeness (QED) is 0.424. The lowest BCUT2D eigenvalue weighted by molar-refractivity contribution is 0.283. The molecule has 0 aromatic rings. The van der Waals surface area contributed by atoms with Crippen molar-refractivity contribution in [1.82, 2.24) is 0 Å². The SMILES string of the molecule is C#CCO[P+](=O)OC. The van der Waals surface area contributed by atoms with Gasteiger partial charge in [0.15, 0.2) is 6.61 Å². The summed E-state index contributed by atoms with van der Waals surface area (Å²) >= 11 is 0. The van der Waals surface area contributed by atoms with Gasteiger partial charge in [-0.2, -0.15) is 0 Å². The van der Waals surface area contributed by atoms with E-state index in [0.717, 1.165) is 0 Å². The van der Waals surface area contributed by atoms with Gasteiger partial charge in [0.25, 0.3) is 0 Å². The summed E-state index contributed by atoms with van der Waals surface area (Å²) in [6.45, 7) is 0.0308. The van der Waals surface area contributed by atoms with E-state index in [1.807, 2.05) is 0 Å². The van der Waals surface area contributed by atoms with Crippen molar-refractivity contribution in [2.24, 2.45) is 0 Å². The van der Waals surface area contributed by atoms with Crippen molar-refractivity contribution < 1.29 is 13.6 Å². The normalized spacial score (nSPS) is 10.2. The molecule has 0 aromatic heterocycles. The first-order valence-corrected chi connectivity index (χ1v) is 2.98. The fourth-order valence-electron chi connectivity index (χ4n) is 0.143. The van der Waals surface area contributed by atoms with Crippen molar-refractivity contribution in [3.63, 3.8) is 0 Å². The highest BCUT2D eigenvalue weighted by atomic mass is 31.1. The van der Waals surface area contributed by atoms with Crippen LogP contribution in [0.15, 0.2) is 0 Å². The standard InChI is InChI=1S/C4H6O3P/c1-3-4-7-8(5)6-2/h1H,4H2,2H3/q+1. The Balaban J connectivity index is 3.15. The molecule has 44 valence electrons. The second-order valence-corrected chi connectivity index (χ2v) is 1.95. The molecule has 0 bridgehead atoms. The van der Waals surface area contributed by atoms with Crippen LogP contribution >= 0.6 is 8.25 Å². The van der Waals surface area contributed by atoms with Crippen molar-refractivity contribution in [2.75, 3.05) is 13.7 Å². The molecule has 0 fully saturated rings. The number of hydrogen-bond acceptors (Lipinski definition) is 3. The van der Waals surface area contributed by atoms with E-state index in [4.69, 9.17) is 6.42 Å². The van der Waals surface area contributed by atoms with E-state index in [0.29, 0.717) is 0 Å². The first-order valence-electron chi connectivity index (χ1n) is 1.89. The second kappa shape index (κ2) is 4.73. The Kier molecular flexibility index (Phi) is 4.48. The molecule has 0 aromatic carbocycles. The van der Waals surface area contributed by atoms with Gasteiger partial charge in [-0.3, -0.25) is 0 Å². The van der Waals surface area contributed by atoms with Crippen molar-refractivity contribution in [3.05, 3.63) is 0 Å². The number of rotatable bonds is 3. The molecule has 0 aliphatic heterocycles. The Morgan fingerprint density at radius 1 is 1.88 bits per heavy atom. The van der Waals surface area contributed by atoms with Crippen LogP contribution in [0.2, 0.25) is 0 Å². The van der Waals surface area contributed by atoms with E-state index in [1.165, 1.54) is 7.11 Å². The van der Waals surface area contributed by atoms with Crippen LogP contribution in [0.3, 0.4) is 0 Å². The maximum atomic E-state index is 10.2. The monoisotopic (exact) mass is 133 g/mol. The lowest BCUT2D eigenvalue weighted by Gasteiger charge is -1.74. The largest absolute Gasteiger partial charge is 0.698 e. The maximum absolute atomic E-state index is 10.2. The minimum Gasteiger partial charge on any atom is -0.122 e. The Morgan fingerprint density at radius 2 is 2.50 bits per heavy atom. The smallest absolute Gasteiger partial charge is 0.122 e. The summed E-state index contributed by atoms with van der Waals surface area (Å²) in [6, 6.07) is 0. The highest BCUT2D eigenvalue weighted by Crippen LogP contribution is 2.20. The van der Waals surface area contributed by atoms with Gasteiger partial charge in [0.1, 0.15) is 0 Å². The third kappa shape index (κ3) is 3.76. The zero-order valence-corrected chi connectivity index (χ0v) is 5.35.